The summed E-state index contributed by atoms with van der Waals surface area (Å²) < 4.78 is 1.36. The molecule has 0 atom stereocenters. The molecule has 0 aliphatic carbocycles. The van der Waals surface area contributed by atoms with Gasteiger partial charge in [-0.1, -0.05) is 26.0 Å². The fourth-order valence-electron chi connectivity index (χ4n) is 1.78. The predicted molar refractivity (Wildman–Crippen MR) is 63.8 cm³/mol. The van der Waals surface area contributed by atoms with Crippen molar-refractivity contribution in [2.75, 3.05) is 0 Å². The molecule has 0 radical (unpaired) electrons. The van der Waals surface area contributed by atoms with Crippen LogP contribution in [0.4, 0.5) is 0 Å². The minimum Gasteiger partial charge on any atom is -0.326 e. The Kier molecular flexibility index (Phi) is 2.57. The van der Waals surface area contributed by atoms with Crippen molar-refractivity contribution in [2.45, 2.75) is 26.3 Å². The van der Waals surface area contributed by atoms with Crippen LogP contribution in [0.25, 0.3) is 10.1 Å². The molecule has 0 aliphatic heterocycles. The van der Waals surface area contributed by atoms with E-state index in [1.807, 2.05) is 11.3 Å². The minimum absolute atomic E-state index is 0.580. The van der Waals surface area contributed by atoms with Crippen LogP contribution in [0.2, 0.25) is 0 Å². The molecule has 0 bridgehead atoms. The molecule has 1 heterocycles. The number of nitrogens with two attached hydrogens (primary N) is 1. The van der Waals surface area contributed by atoms with Crippen molar-refractivity contribution in [2.24, 2.45) is 5.73 Å². The Morgan fingerprint density at radius 3 is 2.79 bits per heavy atom. The number of benzene rings is 1. The van der Waals surface area contributed by atoms with E-state index in [1.54, 1.807) is 0 Å². The Morgan fingerprint density at radius 1 is 1.36 bits per heavy atom. The van der Waals surface area contributed by atoms with Crippen LogP contribution in [-0.2, 0) is 6.54 Å². The summed E-state index contributed by atoms with van der Waals surface area (Å²) in [4.78, 5) is 0. The third kappa shape index (κ3) is 1.45. The Bertz CT molecular complexity index is 443. The van der Waals surface area contributed by atoms with Crippen LogP contribution in [0.5, 0.6) is 0 Å². The molecule has 0 spiro atoms. The van der Waals surface area contributed by atoms with Gasteiger partial charge in [0.05, 0.1) is 0 Å². The molecule has 1 aromatic heterocycles. The molecule has 2 heteroatoms. The summed E-state index contributed by atoms with van der Waals surface area (Å²) in [5.41, 5.74) is 8.46. The number of fused-ring (bicyclic) bond motifs is 1. The molecule has 2 aromatic rings. The quantitative estimate of drug-likeness (QED) is 0.798. The molecule has 0 aliphatic rings. The topological polar surface area (TPSA) is 26.0 Å². The Morgan fingerprint density at radius 2 is 2.14 bits per heavy atom. The highest BCUT2D eigenvalue weighted by Gasteiger charge is 2.10. The second-order valence-corrected chi connectivity index (χ2v) is 4.75. The molecule has 74 valence electrons. The summed E-state index contributed by atoms with van der Waals surface area (Å²) >= 11 is 1.82. The highest BCUT2D eigenvalue weighted by molar-refractivity contribution is 7.17. The van der Waals surface area contributed by atoms with E-state index in [0.29, 0.717) is 12.5 Å². The lowest BCUT2D eigenvalue weighted by Crippen LogP contribution is -1.98. The van der Waals surface area contributed by atoms with Crippen molar-refractivity contribution in [1.82, 2.24) is 0 Å². The lowest BCUT2D eigenvalue weighted by molar-refractivity contribution is 0.878. The van der Waals surface area contributed by atoms with Gasteiger partial charge >= 0.3 is 0 Å². The first kappa shape index (κ1) is 9.69. The highest BCUT2D eigenvalue weighted by atomic mass is 32.1. The van der Waals surface area contributed by atoms with Crippen LogP contribution in [0.3, 0.4) is 0 Å². The van der Waals surface area contributed by atoms with Gasteiger partial charge in [-0.05, 0) is 28.5 Å². The molecule has 0 amide bonds. The number of rotatable bonds is 2. The maximum absolute atomic E-state index is 5.75. The van der Waals surface area contributed by atoms with Crippen molar-refractivity contribution < 1.29 is 0 Å². The molecule has 1 aromatic carbocycles. The van der Waals surface area contributed by atoms with E-state index in [4.69, 9.17) is 5.73 Å². The number of hydrogen-bond donors (Lipinski definition) is 1. The van der Waals surface area contributed by atoms with Gasteiger partial charge in [-0.2, -0.15) is 0 Å². The molecular formula is C12H15NS. The predicted octanol–water partition coefficient (Wildman–Crippen LogP) is 3.48. The van der Waals surface area contributed by atoms with Gasteiger partial charge in [0.2, 0.25) is 0 Å². The molecule has 0 saturated carbocycles. The summed E-state index contributed by atoms with van der Waals surface area (Å²) in [6, 6.07) is 6.39. The fourth-order valence-corrected chi connectivity index (χ4v) is 2.95. The van der Waals surface area contributed by atoms with E-state index in [2.05, 4.69) is 37.4 Å². The smallest absolute Gasteiger partial charge is 0.0348 e. The van der Waals surface area contributed by atoms with Crippen molar-refractivity contribution in [3.05, 3.63) is 34.7 Å². The summed E-state index contributed by atoms with van der Waals surface area (Å²) in [5, 5.41) is 3.64. The Hall–Kier alpha value is -0.860. The van der Waals surface area contributed by atoms with Crippen LogP contribution >= 0.6 is 11.3 Å². The Labute approximate surface area is 88.6 Å². The van der Waals surface area contributed by atoms with E-state index in [0.717, 1.165) is 0 Å². The third-order valence-corrected chi connectivity index (χ3v) is 3.52. The largest absolute Gasteiger partial charge is 0.326 e. The van der Waals surface area contributed by atoms with E-state index in [1.165, 1.54) is 21.2 Å². The average molecular weight is 205 g/mol. The van der Waals surface area contributed by atoms with E-state index in [-0.39, 0.29) is 0 Å². The molecule has 2 N–H and O–H groups in total. The van der Waals surface area contributed by atoms with Gasteiger partial charge < -0.3 is 5.73 Å². The van der Waals surface area contributed by atoms with E-state index in [9.17, 15) is 0 Å². The molecule has 0 saturated heterocycles. The van der Waals surface area contributed by atoms with Gasteiger partial charge in [0.1, 0.15) is 0 Å². The van der Waals surface area contributed by atoms with Crippen LogP contribution < -0.4 is 5.73 Å². The van der Waals surface area contributed by atoms with Gasteiger partial charge in [0, 0.05) is 16.6 Å². The van der Waals surface area contributed by atoms with Gasteiger partial charge in [0.25, 0.3) is 0 Å². The molecule has 1 nitrogen and oxygen atoms in total. The Balaban J connectivity index is 2.74. The van der Waals surface area contributed by atoms with Crippen LogP contribution in [-0.4, -0.2) is 0 Å². The first-order chi connectivity index (χ1) is 6.74. The maximum atomic E-state index is 5.75. The van der Waals surface area contributed by atoms with Gasteiger partial charge in [-0.3, -0.25) is 0 Å². The first-order valence-corrected chi connectivity index (χ1v) is 5.81. The molecule has 0 fully saturated rings. The second kappa shape index (κ2) is 3.71. The monoisotopic (exact) mass is 205 g/mol. The zero-order chi connectivity index (χ0) is 10.1. The van der Waals surface area contributed by atoms with Crippen LogP contribution in [0.15, 0.2) is 23.6 Å². The van der Waals surface area contributed by atoms with Crippen molar-refractivity contribution in [3.8, 4) is 0 Å². The maximum Gasteiger partial charge on any atom is 0.0348 e. The highest BCUT2D eigenvalue weighted by Crippen LogP contribution is 2.33. The second-order valence-electron chi connectivity index (χ2n) is 3.84. The normalized spacial score (nSPS) is 11.4. The number of hydrogen-bond acceptors (Lipinski definition) is 2. The standard InChI is InChI=1S/C12H15NS/c1-8(2)10-7-14-11-5-3-4-9(6-13)12(10)11/h3-5,7-8H,6,13H2,1-2H3. The van der Waals surface area contributed by atoms with Crippen LogP contribution in [0, 0.1) is 0 Å². The lowest BCUT2D eigenvalue weighted by Gasteiger charge is -2.06. The minimum atomic E-state index is 0.580. The van der Waals surface area contributed by atoms with Crippen molar-refractivity contribution in [1.29, 1.82) is 0 Å². The zero-order valence-electron chi connectivity index (χ0n) is 8.58. The summed E-state index contributed by atoms with van der Waals surface area (Å²) in [6.07, 6.45) is 0. The third-order valence-electron chi connectivity index (χ3n) is 2.56. The first-order valence-electron chi connectivity index (χ1n) is 4.93. The summed E-state index contributed by atoms with van der Waals surface area (Å²) in [5.74, 6) is 0.580. The van der Waals surface area contributed by atoms with Crippen molar-refractivity contribution >= 4 is 21.4 Å². The van der Waals surface area contributed by atoms with Gasteiger partial charge in [-0.15, -0.1) is 11.3 Å². The molecular weight excluding hydrogens is 190 g/mol. The van der Waals surface area contributed by atoms with Gasteiger partial charge in [0.15, 0.2) is 0 Å². The van der Waals surface area contributed by atoms with Gasteiger partial charge in [-0.25, -0.2) is 0 Å². The summed E-state index contributed by atoms with van der Waals surface area (Å²) in [6.45, 7) is 5.09. The SMILES string of the molecule is CC(C)c1csc2cccc(CN)c12. The van der Waals surface area contributed by atoms with Crippen molar-refractivity contribution in [3.63, 3.8) is 0 Å². The van der Waals surface area contributed by atoms with Crippen LogP contribution in [0.1, 0.15) is 30.9 Å². The molecule has 0 unspecified atom stereocenters. The van der Waals surface area contributed by atoms with E-state index >= 15 is 0 Å². The fraction of sp³-hybridized carbons (Fsp3) is 0.333. The summed E-state index contributed by atoms with van der Waals surface area (Å²) in [7, 11) is 0. The molecule has 14 heavy (non-hydrogen) atoms. The average Bonchev–Trinajstić information content (AvgIpc) is 2.60. The molecule has 2 rings (SSSR count). The zero-order valence-corrected chi connectivity index (χ0v) is 9.40. The lowest BCUT2D eigenvalue weighted by atomic mass is 9.99. The number of thiophene rings is 1. The van der Waals surface area contributed by atoms with E-state index < -0.39 is 0 Å².